The fourth-order valence-corrected chi connectivity index (χ4v) is 2.30. The summed E-state index contributed by atoms with van der Waals surface area (Å²) in [7, 11) is 0. The molecule has 0 bridgehead atoms. The van der Waals surface area contributed by atoms with Crippen LogP contribution in [0.5, 0.6) is 0 Å². The zero-order valence-corrected chi connectivity index (χ0v) is 13.6. The van der Waals surface area contributed by atoms with Crippen LogP contribution in [-0.4, -0.2) is 15.2 Å². The molecule has 0 saturated heterocycles. The molecule has 0 unspecified atom stereocenters. The molecular weight excluding hydrogens is 361 g/mol. The van der Waals surface area contributed by atoms with E-state index in [9.17, 15) is 4.39 Å². The van der Waals surface area contributed by atoms with Gasteiger partial charge in [0.15, 0.2) is 5.82 Å². The smallest absolute Gasteiger partial charge is 0.249 e. The first-order valence-corrected chi connectivity index (χ1v) is 7.69. The highest BCUT2D eigenvalue weighted by molar-refractivity contribution is 9.10. The number of hydrogen-bond donors (Lipinski definition) is 2. The van der Waals surface area contributed by atoms with Crippen LogP contribution in [0, 0.1) is 5.82 Å². The highest BCUT2D eigenvalue weighted by atomic mass is 79.9. The predicted molar refractivity (Wildman–Crippen MR) is 91.0 cm³/mol. The molecular formula is C16H13BrFN5. The summed E-state index contributed by atoms with van der Waals surface area (Å²) in [5, 5.41) is 14.1. The molecule has 23 heavy (non-hydrogen) atoms. The summed E-state index contributed by atoms with van der Waals surface area (Å²) in [6.07, 6.45) is 1.54. The molecule has 0 fully saturated rings. The molecule has 2 N–H and O–H groups in total. The standard InChI is InChI=1S/C16H13BrFN5/c17-13-3-1-2-4-14(13)21-16-22-15(10-20-23-16)19-9-11-5-7-12(18)8-6-11/h1-8,10H,9H2,(H2,19,21,22,23). The number of anilines is 3. The molecule has 1 aromatic heterocycles. The Balaban J connectivity index is 1.67. The normalized spacial score (nSPS) is 10.3. The van der Waals surface area contributed by atoms with E-state index in [4.69, 9.17) is 0 Å². The van der Waals surface area contributed by atoms with Gasteiger partial charge in [0.05, 0.1) is 11.9 Å². The van der Waals surface area contributed by atoms with E-state index < -0.39 is 0 Å². The molecule has 0 aliphatic carbocycles. The van der Waals surface area contributed by atoms with Crippen molar-refractivity contribution in [2.45, 2.75) is 6.54 Å². The van der Waals surface area contributed by atoms with E-state index in [2.05, 4.69) is 41.7 Å². The van der Waals surface area contributed by atoms with Crippen molar-refractivity contribution in [2.75, 3.05) is 10.6 Å². The average molecular weight is 374 g/mol. The van der Waals surface area contributed by atoms with Crippen LogP contribution < -0.4 is 10.6 Å². The van der Waals surface area contributed by atoms with Gasteiger partial charge in [-0.05, 0) is 45.8 Å². The largest absolute Gasteiger partial charge is 0.365 e. The van der Waals surface area contributed by atoms with Gasteiger partial charge in [0.2, 0.25) is 5.95 Å². The second-order valence-electron chi connectivity index (χ2n) is 4.75. The number of benzene rings is 2. The van der Waals surface area contributed by atoms with Crippen molar-refractivity contribution in [1.29, 1.82) is 0 Å². The maximum atomic E-state index is 12.9. The molecule has 0 amide bonds. The number of halogens is 2. The third-order valence-electron chi connectivity index (χ3n) is 3.07. The van der Waals surface area contributed by atoms with Gasteiger partial charge in [0.25, 0.3) is 0 Å². The summed E-state index contributed by atoms with van der Waals surface area (Å²) >= 11 is 3.45. The van der Waals surface area contributed by atoms with Crippen molar-refractivity contribution in [3.63, 3.8) is 0 Å². The predicted octanol–water partition coefficient (Wildman–Crippen LogP) is 4.13. The highest BCUT2D eigenvalue weighted by Gasteiger charge is 2.04. The zero-order valence-electron chi connectivity index (χ0n) is 12.0. The molecule has 0 radical (unpaired) electrons. The zero-order chi connectivity index (χ0) is 16.1. The van der Waals surface area contributed by atoms with Crippen LogP contribution in [0.4, 0.5) is 21.8 Å². The first-order valence-electron chi connectivity index (χ1n) is 6.90. The molecule has 3 aromatic rings. The minimum atomic E-state index is -0.252. The van der Waals surface area contributed by atoms with Crippen LogP contribution in [0.3, 0.4) is 0 Å². The van der Waals surface area contributed by atoms with Crippen LogP contribution in [-0.2, 0) is 6.54 Å². The molecule has 0 aliphatic heterocycles. The summed E-state index contributed by atoms with van der Waals surface area (Å²) in [5.41, 5.74) is 1.80. The molecule has 0 aliphatic rings. The molecule has 1 heterocycles. The Bertz CT molecular complexity index is 794. The fourth-order valence-electron chi connectivity index (χ4n) is 1.92. The van der Waals surface area contributed by atoms with E-state index in [0.29, 0.717) is 18.3 Å². The molecule has 0 saturated carbocycles. The molecule has 0 spiro atoms. The third kappa shape index (κ3) is 4.23. The quantitative estimate of drug-likeness (QED) is 0.703. The second-order valence-corrected chi connectivity index (χ2v) is 5.60. The van der Waals surface area contributed by atoms with E-state index in [1.54, 1.807) is 12.1 Å². The van der Waals surface area contributed by atoms with Crippen LogP contribution in [0.25, 0.3) is 0 Å². The minimum absolute atomic E-state index is 0.252. The van der Waals surface area contributed by atoms with E-state index in [1.165, 1.54) is 18.3 Å². The van der Waals surface area contributed by atoms with Gasteiger partial charge in [-0.25, -0.2) is 4.39 Å². The molecule has 7 heteroatoms. The number of nitrogens with zero attached hydrogens (tertiary/aromatic N) is 3. The lowest BCUT2D eigenvalue weighted by molar-refractivity contribution is 0.627. The summed E-state index contributed by atoms with van der Waals surface area (Å²) in [4.78, 5) is 4.35. The Kier molecular flexibility index (Phi) is 4.77. The maximum Gasteiger partial charge on any atom is 0.249 e. The van der Waals surface area contributed by atoms with Crippen molar-refractivity contribution < 1.29 is 4.39 Å². The van der Waals surface area contributed by atoms with Crippen LogP contribution in [0.1, 0.15) is 5.56 Å². The van der Waals surface area contributed by atoms with Gasteiger partial charge in [-0.1, -0.05) is 24.3 Å². The van der Waals surface area contributed by atoms with Gasteiger partial charge >= 0.3 is 0 Å². The lowest BCUT2D eigenvalue weighted by atomic mass is 10.2. The Morgan fingerprint density at radius 2 is 1.83 bits per heavy atom. The van der Waals surface area contributed by atoms with Gasteiger partial charge in [0, 0.05) is 11.0 Å². The summed E-state index contributed by atoms with van der Waals surface area (Å²) in [6, 6.07) is 14.0. The first kappa shape index (κ1) is 15.4. The monoisotopic (exact) mass is 373 g/mol. The Hall–Kier alpha value is -2.54. The van der Waals surface area contributed by atoms with Crippen molar-refractivity contribution in [3.8, 4) is 0 Å². The molecule has 116 valence electrons. The molecule has 5 nitrogen and oxygen atoms in total. The number of nitrogens with one attached hydrogen (secondary N) is 2. The van der Waals surface area contributed by atoms with E-state index in [0.717, 1.165) is 15.7 Å². The van der Waals surface area contributed by atoms with E-state index in [-0.39, 0.29) is 5.82 Å². The van der Waals surface area contributed by atoms with Crippen LogP contribution >= 0.6 is 15.9 Å². The number of aromatic nitrogens is 3. The van der Waals surface area contributed by atoms with Crippen LogP contribution in [0.15, 0.2) is 59.2 Å². The Morgan fingerprint density at radius 3 is 2.61 bits per heavy atom. The van der Waals surface area contributed by atoms with Gasteiger partial charge in [-0.2, -0.15) is 10.1 Å². The average Bonchev–Trinajstić information content (AvgIpc) is 2.57. The minimum Gasteiger partial charge on any atom is -0.365 e. The summed E-state index contributed by atoms with van der Waals surface area (Å²) < 4.78 is 13.8. The first-order chi connectivity index (χ1) is 11.2. The van der Waals surface area contributed by atoms with Crippen molar-refractivity contribution in [3.05, 3.63) is 70.6 Å². The van der Waals surface area contributed by atoms with E-state index in [1.807, 2.05) is 24.3 Å². The van der Waals surface area contributed by atoms with Crippen molar-refractivity contribution in [1.82, 2.24) is 15.2 Å². The van der Waals surface area contributed by atoms with Gasteiger partial charge in [-0.3, -0.25) is 0 Å². The number of rotatable bonds is 5. The lowest BCUT2D eigenvalue weighted by Crippen LogP contribution is -2.05. The van der Waals surface area contributed by atoms with Gasteiger partial charge in [0.1, 0.15) is 5.82 Å². The van der Waals surface area contributed by atoms with Crippen molar-refractivity contribution in [2.24, 2.45) is 0 Å². The Labute approximate surface area is 141 Å². The van der Waals surface area contributed by atoms with E-state index >= 15 is 0 Å². The van der Waals surface area contributed by atoms with Crippen LogP contribution in [0.2, 0.25) is 0 Å². The lowest BCUT2D eigenvalue weighted by Gasteiger charge is -2.08. The second kappa shape index (κ2) is 7.15. The van der Waals surface area contributed by atoms with Gasteiger partial charge in [-0.15, -0.1) is 5.10 Å². The van der Waals surface area contributed by atoms with Gasteiger partial charge < -0.3 is 10.6 Å². The highest BCUT2D eigenvalue weighted by Crippen LogP contribution is 2.23. The third-order valence-corrected chi connectivity index (χ3v) is 3.76. The Morgan fingerprint density at radius 1 is 1.04 bits per heavy atom. The molecule has 3 rings (SSSR count). The summed E-state index contributed by atoms with van der Waals surface area (Å²) in [6.45, 7) is 0.521. The van der Waals surface area contributed by atoms with Crippen molar-refractivity contribution >= 4 is 33.4 Å². The summed E-state index contributed by atoms with van der Waals surface area (Å²) in [5.74, 6) is 0.720. The number of hydrogen-bond acceptors (Lipinski definition) is 5. The topological polar surface area (TPSA) is 62.7 Å². The fraction of sp³-hybridized carbons (Fsp3) is 0.0625. The molecule has 0 atom stereocenters. The SMILES string of the molecule is Fc1ccc(CNc2cnnc(Nc3ccccc3Br)n2)cc1. The molecule has 2 aromatic carbocycles. The maximum absolute atomic E-state index is 12.9. The number of para-hydroxylation sites is 1.